The van der Waals surface area contributed by atoms with Crippen LogP contribution in [0.3, 0.4) is 0 Å². The fourth-order valence-corrected chi connectivity index (χ4v) is 6.36. The Morgan fingerprint density at radius 2 is 1.96 bits per heavy atom. The normalized spacial score (nSPS) is 28.5. The van der Waals surface area contributed by atoms with Crippen molar-refractivity contribution in [3.63, 3.8) is 0 Å². The van der Waals surface area contributed by atoms with Crippen LogP contribution in [0, 0.1) is 10.8 Å². The third-order valence-electron chi connectivity index (χ3n) is 5.42. The van der Waals surface area contributed by atoms with Crippen LogP contribution in [0.2, 0.25) is 0 Å². The highest BCUT2D eigenvalue weighted by atomic mass is 79.9. The van der Waals surface area contributed by atoms with E-state index in [4.69, 9.17) is 4.42 Å². The summed E-state index contributed by atoms with van der Waals surface area (Å²) in [6.07, 6.45) is 3.36. The number of furan rings is 1. The third kappa shape index (κ3) is 2.74. The van der Waals surface area contributed by atoms with Crippen LogP contribution in [-0.2, 0) is 0 Å². The van der Waals surface area contributed by atoms with Crippen molar-refractivity contribution in [2.45, 2.75) is 46.1 Å². The maximum absolute atomic E-state index is 13.1. The zero-order valence-electron chi connectivity index (χ0n) is 14.2. The third-order valence-corrected chi connectivity index (χ3v) is 6.47. The van der Waals surface area contributed by atoms with Gasteiger partial charge in [0.15, 0.2) is 5.76 Å². The van der Waals surface area contributed by atoms with Crippen molar-refractivity contribution in [3.8, 4) is 0 Å². The molecular formula is C19H21Br2NO2. The Hall–Kier alpha value is -0.810. The van der Waals surface area contributed by atoms with Gasteiger partial charge in [0, 0.05) is 22.4 Å². The van der Waals surface area contributed by atoms with Gasteiger partial charge in [-0.05, 0) is 64.2 Å². The summed E-state index contributed by atoms with van der Waals surface area (Å²) in [5.74, 6) is 0.471. The molecule has 1 amide bonds. The van der Waals surface area contributed by atoms with Gasteiger partial charge in [-0.15, -0.1) is 0 Å². The summed E-state index contributed by atoms with van der Waals surface area (Å²) in [4.78, 5) is 15.2. The summed E-state index contributed by atoms with van der Waals surface area (Å²) in [5.41, 5.74) is 1.27. The summed E-state index contributed by atoms with van der Waals surface area (Å²) in [6, 6.07) is 6.11. The lowest BCUT2D eigenvalue weighted by atomic mass is 9.65. The highest BCUT2D eigenvalue weighted by Gasteiger charge is 2.51. The van der Waals surface area contributed by atoms with Gasteiger partial charge in [-0.1, -0.05) is 36.7 Å². The molecule has 0 unspecified atom stereocenters. The number of carbonyl (C=O) groups excluding carboxylic acids is 1. The van der Waals surface area contributed by atoms with Crippen LogP contribution < -0.4 is 0 Å². The lowest BCUT2D eigenvalue weighted by Crippen LogP contribution is -2.37. The molecule has 4 rings (SSSR count). The fourth-order valence-electron chi connectivity index (χ4n) is 5.02. The summed E-state index contributed by atoms with van der Waals surface area (Å²) in [7, 11) is 0. The Kier molecular flexibility index (Phi) is 3.70. The molecule has 1 saturated carbocycles. The van der Waals surface area contributed by atoms with E-state index in [0.29, 0.717) is 17.2 Å². The smallest absolute Gasteiger partial charge is 0.289 e. The average molecular weight is 455 g/mol. The minimum absolute atomic E-state index is 0.0284. The fraction of sp³-hybridized carbons (Fsp3) is 0.526. The van der Waals surface area contributed by atoms with E-state index in [0.717, 1.165) is 39.3 Å². The SMILES string of the molecule is CC1(C)C[C@H]2C[C@](C)(CN2C(=O)c2cc3cc(Br)cc(Br)c3o2)C1. The Labute approximate surface area is 159 Å². The molecule has 2 aromatic rings. The largest absolute Gasteiger partial charge is 0.450 e. The Morgan fingerprint density at radius 1 is 1.21 bits per heavy atom. The second-order valence-electron chi connectivity index (χ2n) is 8.56. The van der Waals surface area contributed by atoms with E-state index < -0.39 is 0 Å². The monoisotopic (exact) mass is 453 g/mol. The number of nitrogens with zero attached hydrogens (tertiary/aromatic N) is 1. The first-order valence-corrected chi connectivity index (χ1v) is 9.94. The predicted molar refractivity (Wildman–Crippen MR) is 102 cm³/mol. The minimum Gasteiger partial charge on any atom is -0.450 e. The van der Waals surface area contributed by atoms with E-state index in [1.54, 1.807) is 0 Å². The molecule has 1 aromatic carbocycles. The van der Waals surface area contributed by atoms with E-state index in [9.17, 15) is 4.79 Å². The second kappa shape index (κ2) is 5.34. The molecular weight excluding hydrogens is 434 g/mol. The summed E-state index contributed by atoms with van der Waals surface area (Å²) < 4.78 is 7.73. The molecule has 0 radical (unpaired) electrons. The standard InChI is InChI=1S/C19H21Br2NO2/c1-18(2)7-13-8-19(3,9-18)10-22(13)17(23)15-5-11-4-12(20)6-14(21)16(11)24-15/h4-6,13H,7-10H2,1-3H3/t13-,19-/m0/s1. The number of amides is 1. The molecule has 0 spiro atoms. The van der Waals surface area contributed by atoms with E-state index in [-0.39, 0.29) is 11.3 Å². The second-order valence-corrected chi connectivity index (χ2v) is 10.3. The van der Waals surface area contributed by atoms with Gasteiger partial charge in [0.1, 0.15) is 5.58 Å². The number of halogens is 2. The predicted octanol–water partition coefficient (Wildman–Crippen LogP) is 6.00. The van der Waals surface area contributed by atoms with Crippen LogP contribution in [0.4, 0.5) is 0 Å². The lowest BCUT2D eigenvalue weighted by Gasteiger charge is -2.39. The van der Waals surface area contributed by atoms with Gasteiger partial charge in [0.05, 0.1) is 4.47 Å². The number of rotatable bonds is 1. The molecule has 1 saturated heterocycles. The van der Waals surface area contributed by atoms with E-state index in [2.05, 4.69) is 57.5 Å². The van der Waals surface area contributed by atoms with Crippen molar-refractivity contribution in [2.24, 2.45) is 10.8 Å². The number of carbonyl (C=O) groups is 1. The van der Waals surface area contributed by atoms with Crippen molar-refractivity contribution >= 4 is 48.7 Å². The van der Waals surface area contributed by atoms with Crippen molar-refractivity contribution in [2.75, 3.05) is 6.54 Å². The topological polar surface area (TPSA) is 33.5 Å². The maximum Gasteiger partial charge on any atom is 0.289 e. The number of hydrogen-bond donors (Lipinski definition) is 0. The zero-order valence-corrected chi connectivity index (χ0v) is 17.3. The molecule has 1 aliphatic heterocycles. The van der Waals surface area contributed by atoms with Crippen LogP contribution in [0.15, 0.2) is 31.6 Å². The summed E-state index contributed by atoms with van der Waals surface area (Å²) >= 11 is 7.00. The minimum atomic E-state index is 0.0284. The molecule has 1 aromatic heterocycles. The molecule has 1 aliphatic carbocycles. The van der Waals surface area contributed by atoms with E-state index >= 15 is 0 Å². The summed E-state index contributed by atoms with van der Waals surface area (Å²) in [6.45, 7) is 7.80. The van der Waals surface area contributed by atoms with Crippen LogP contribution in [-0.4, -0.2) is 23.4 Å². The first-order chi connectivity index (χ1) is 11.2. The van der Waals surface area contributed by atoms with Crippen molar-refractivity contribution in [3.05, 3.63) is 32.9 Å². The molecule has 2 heterocycles. The lowest BCUT2D eigenvalue weighted by molar-refractivity contribution is 0.0679. The van der Waals surface area contributed by atoms with Crippen LogP contribution in [0.1, 0.15) is 50.6 Å². The number of fused-ring (bicyclic) bond motifs is 3. The van der Waals surface area contributed by atoms with Gasteiger partial charge in [-0.3, -0.25) is 4.79 Å². The van der Waals surface area contributed by atoms with Crippen LogP contribution >= 0.6 is 31.9 Å². The van der Waals surface area contributed by atoms with Crippen molar-refractivity contribution in [1.82, 2.24) is 4.90 Å². The first kappa shape index (κ1) is 16.6. The van der Waals surface area contributed by atoms with Crippen LogP contribution in [0.5, 0.6) is 0 Å². The molecule has 0 N–H and O–H groups in total. The molecule has 2 aliphatic rings. The summed E-state index contributed by atoms with van der Waals surface area (Å²) in [5, 5.41) is 0.938. The molecule has 2 atom stereocenters. The quantitative estimate of drug-likeness (QED) is 0.529. The average Bonchev–Trinajstić information content (AvgIpc) is 2.95. The van der Waals surface area contributed by atoms with Gasteiger partial charge < -0.3 is 9.32 Å². The first-order valence-electron chi connectivity index (χ1n) is 8.35. The number of hydrogen-bond acceptors (Lipinski definition) is 2. The van der Waals surface area contributed by atoms with Gasteiger partial charge in [-0.2, -0.15) is 0 Å². The molecule has 5 heteroatoms. The van der Waals surface area contributed by atoms with E-state index in [1.165, 1.54) is 6.42 Å². The Balaban J connectivity index is 1.69. The van der Waals surface area contributed by atoms with Gasteiger partial charge in [0.25, 0.3) is 5.91 Å². The van der Waals surface area contributed by atoms with Crippen molar-refractivity contribution < 1.29 is 9.21 Å². The zero-order chi connectivity index (χ0) is 17.3. The van der Waals surface area contributed by atoms with Gasteiger partial charge in [-0.25, -0.2) is 0 Å². The highest BCUT2D eigenvalue weighted by Crippen LogP contribution is 2.52. The number of benzene rings is 1. The van der Waals surface area contributed by atoms with Gasteiger partial charge in [0.2, 0.25) is 0 Å². The molecule has 24 heavy (non-hydrogen) atoms. The molecule has 2 bridgehead atoms. The van der Waals surface area contributed by atoms with Crippen molar-refractivity contribution in [1.29, 1.82) is 0 Å². The van der Waals surface area contributed by atoms with Gasteiger partial charge >= 0.3 is 0 Å². The molecule has 2 fully saturated rings. The molecule has 128 valence electrons. The maximum atomic E-state index is 13.1. The Morgan fingerprint density at radius 3 is 2.71 bits per heavy atom. The molecule has 3 nitrogen and oxygen atoms in total. The van der Waals surface area contributed by atoms with E-state index in [1.807, 2.05) is 18.2 Å². The number of likely N-dealkylation sites (tertiary alicyclic amines) is 1. The highest BCUT2D eigenvalue weighted by molar-refractivity contribution is 9.11. The van der Waals surface area contributed by atoms with Crippen LogP contribution in [0.25, 0.3) is 11.0 Å². The Bertz CT molecular complexity index is 841.